The summed E-state index contributed by atoms with van der Waals surface area (Å²) >= 11 is 0. The molecule has 21 heavy (non-hydrogen) atoms. The fourth-order valence-corrected chi connectivity index (χ4v) is 3.50. The summed E-state index contributed by atoms with van der Waals surface area (Å²) in [6, 6.07) is 6.70. The van der Waals surface area contributed by atoms with Gasteiger partial charge in [0.05, 0.1) is 6.10 Å². The smallest absolute Gasteiger partial charge is 0.0841 e. The van der Waals surface area contributed by atoms with E-state index in [9.17, 15) is 5.11 Å². The van der Waals surface area contributed by atoms with Gasteiger partial charge in [-0.1, -0.05) is 17.7 Å². The van der Waals surface area contributed by atoms with Gasteiger partial charge in [0.25, 0.3) is 0 Å². The highest BCUT2D eigenvalue weighted by molar-refractivity contribution is 5.56. The molecular formula is C17H27N3O. The minimum Gasteiger partial charge on any atom is -0.390 e. The number of benzene rings is 1. The van der Waals surface area contributed by atoms with Gasteiger partial charge in [0, 0.05) is 51.5 Å². The second-order valence-corrected chi connectivity index (χ2v) is 6.39. The summed E-state index contributed by atoms with van der Waals surface area (Å²) in [4.78, 5) is 4.73. The minimum atomic E-state index is -0.268. The Hall–Kier alpha value is -1.10. The van der Waals surface area contributed by atoms with Crippen molar-refractivity contribution < 1.29 is 5.11 Å². The first-order chi connectivity index (χ1) is 10.2. The molecule has 4 heteroatoms. The van der Waals surface area contributed by atoms with E-state index in [0.29, 0.717) is 0 Å². The number of piperazine rings is 1. The molecule has 1 unspecified atom stereocenters. The fourth-order valence-electron chi connectivity index (χ4n) is 3.50. The summed E-state index contributed by atoms with van der Waals surface area (Å²) in [5.74, 6) is 0. The Kier molecular flexibility index (Phi) is 4.78. The lowest BCUT2D eigenvalue weighted by atomic mass is 9.99. The molecule has 0 bridgehead atoms. The van der Waals surface area contributed by atoms with Crippen molar-refractivity contribution in [2.75, 3.05) is 50.7 Å². The summed E-state index contributed by atoms with van der Waals surface area (Å²) in [6.07, 6.45) is 2.09. The SMILES string of the molecule is Cc1ccc2c(c1)CCCN2CC(O)CN1CCNCC1. The highest BCUT2D eigenvalue weighted by Gasteiger charge is 2.21. The zero-order chi connectivity index (χ0) is 14.7. The quantitative estimate of drug-likeness (QED) is 0.868. The van der Waals surface area contributed by atoms with Crippen LogP contribution in [-0.2, 0) is 6.42 Å². The monoisotopic (exact) mass is 289 g/mol. The molecule has 0 spiro atoms. The van der Waals surface area contributed by atoms with Crippen LogP contribution >= 0.6 is 0 Å². The van der Waals surface area contributed by atoms with Gasteiger partial charge in [-0.05, 0) is 31.4 Å². The van der Waals surface area contributed by atoms with Crippen LogP contribution in [-0.4, -0.2) is 61.9 Å². The normalized spacial score (nSPS) is 21.1. The van der Waals surface area contributed by atoms with E-state index in [1.54, 1.807) is 0 Å². The van der Waals surface area contributed by atoms with Crippen molar-refractivity contribution in [2.45, 2.75) is 25.9 Å². The molecule has 4 nitrogen and oxygen atoms in total. The fraction of sp³-hybridized carbons (Fsp3) is 0.647. The number of aliphatic hydroxyl groups excluding tert-OH is 1. The second kappa shape index (κ2) is 6.77. The first kappa shape index (κ1) is 14.8. The van der Waals surface area contributed by atoms with Crippen LogP contribution in [0.1, 0.15) is 17.5 Å². The maximum Gasteiger partial charge on any atom is 0.0841 e. The van der Waals surface area contributed by atoms with Gasteiger partial charge < -0.3 is 15.3 Å². The number of aliphatic hydroxyl groups is 1. The number of aryl methyl sites for hydroxylation is 2. The van der Waals surface area contributed by atoms with E-state index >= 15 is 0 Å². The zero-order valence-electron chi connectivity index (χ0n) is 13.0. The largest absolute Gasteiger partial charge is 0.390 e. The third-order valence-electron chi connectivity index (χ3n) is 4.56. The molecule has 1 aromatic rings. The van der Waals surface area contributed by atoms with E-state index in [-0.39, 0.29) is 6.10 Å². The Bertz CT molecular complexity index is 471. The van der Waals surface area contributed by atoms with Crippen LogP contribution in [0.15, 0.2) is 18.2 Å². The molecule has 2 N–H and O–H groups in total. The first-order valence-corrected chi connectivity index (χ1v) is 8.18. The predicted octanol–water partition coefficient (Wildman–Crippen LogP) is 1.01. The number of nitrogens with zero attached hydrogens (tertiary/aromatic N) is 2. The van der Waals surface area contributed by atoms with Crippen LogP contribution in [0.25, 0.3) is 0 Å². The van der Waals surface area contributed by atoms with Crippen molar-refractivity contribution in [1.29, 1.82) is 0 Å². The van der Waals surface area contributed by atoms with Gasteiger partial charge in [-0.3, -0.25) is 4.90 Å². The van der Waals surface area contributed by atoms with Crippen LogP contribution < -0.4 is 10.2 Å². The average molecular weight is 289 g/mol. The third-order valence-corrected chi connectivity index (χ3v) is 4.56. The lowest BCUT2D eigenvalue weighted by Crippen LogP contribution is -2.48. The number of fused-ring (bicyclic) bond motifs is 1. The third kappa shape index (κ3) is 3.76. The van der Waals surface area contributed by atoms with Gasteiger partial charge in [0.1, 0.15) is 0 Å². The summed E-state index contributed by atoms with van der Waals surface area (Å²) in [5.41, 5.74) is 4.10. The maximum absolute atomic E-state index is 10.4. The van der Waals surface area contributed by atoms with Gasteiger partial charge in [-0.25, -0.2) is 0 Å². The molecule has 0 radical (unpaired) electrons. The molecule has 1 fully saturated rings. The highest BCUT2D eigenvalue weighted by atomic mass is 16.3. The summed E-state index contributed by atoms with van der Waals surface area (Å²) in [5, 5.41) is 13.8. The molecular weight excluding hydrogens is 262 g/mol. The molecule has 1 atom stereocenters. The topological polar surface area (TPSA) is 38.7 Å². The molecule has 3 rings (SSSR count). The van der Waals surface area contributed by atoms with Crippen molar-refractivity contribution in [2.24, 2.45) is 0 Å². The van der Waals surface area contributed by atoms with Crippen LogP contribution in [0.4, 0.5) is 5.69 Å². The predicted molar refractivity (Wildman–Crippen MR) is 87.0 cm³/mol. The number of hydrogen-bond acceptors (Lipinski definition) is 4. The number of anilines is 1. The Morgan fingerprint density at radius 3 is 2.81 bits per heavy atom. The molecule has 2 heterocycles. The Labute approximate surface area is 127 Å². The van der Waals surface area contributed by atoms with Crippen LogP contribution in [0, 0.1) is 6.92 Å². The second-order valence-electron chi connectivity index (χ2n) is 6.39. The van der Waals surface area contributed by atoms with E-state index < -0.39 is 0 Å². The standard InChI is InChI=1S/C17H27N3O/c1-14-4-5-17-15(11-14)3-2-8-20(17)13-16(21)12-19-9-6-18-7-10-19/h4-5,11,16,18,21H,2-3,6-10,12-13H2,1H3. The average Bonchev–Trinajstić information content (AvgIpc) is 2.48. The highest BCUT2D eigenvalue weighted by Crippen LogP contribution is 2.28. The molecule has 1 saturated heterocycles. The van der Waals surface area contributed by atoms with Crippen molar-refractivity contribution in [3.8, 4) is 0 Å². The molecule has 116 valence electrons. The molecule has 0 amide bonds. The lowest BCUT2D eigenvalue weighted by molar-refractivity contribution is 0.109. The van der Waals surface area contributed by atoms with Crippen molar-refractivity contribution in [3.63, 3.8) is 0 Å². The van der Waals surface area contributed by atoms with Gasteiger partial charge in [-0.15, -0.1) is 0 Å². The van der Waals surface area contributed by atoms with Crippen molar-refractivity contribution >= 4 is 5.69 Å². The number of nitrogens with one attached hydrogen (secondary N) is 1. The summed E-state index contributed by atoms with van der Waals surface area (Å²) < 4.78 is 0. The van der Waals surface area contributed by atoms with Crippen LogP contribution in [0.2, 0.25) is 0 Å². The van der Waals surface area contributed by atoms with Gasteiger partial charge in [0.2, 0.25) is 0 Å². The zero-order valence-corrected chi connectivity index (χ0v) is 13.0. The molecule has 1 aromatic carbocycles. The lowest BCUT2D eigenvalue weighted by Gasteiger charge is -2.35. The van der Waals surface area contributed by atoms with E-state index in [4.69, 9.17) is 0 Å². The number of rotatable bonds is 4. The van der Waals surface area contributed by atoms with Gasteiger partial charge in [-0.2, -0.15) is 0 Å². The van der Waals surface area contributed by atoms with Gasteiger partial charge in [0.15, 0.2) is 0 Å². The molecule has 0 aromatic heterocycles. The molecule has 0 saturated carbocycles. The summed E-state index contributed by atoms with van der Waals surface area (Å²) in [7, 11) is 0. The number of β-amino-alcohol motifs (C(OH)–C–C–N with tert-alkyl or cyclic N) is 1. The first-order valence-electron chi connectivity index (χ1n) is 8.18. The van der Waals surface area contributed by atoms with Crippen molar-refractivity contribution in [3.05, 3.63) is 29.3 Å². The Morgan fingerprint density at radius 2 is 2.00 bits per heavy atom. The van der Waals surface area contributed by atoms with E-state index in [0.717, 1.165) is 45.8 Å². The Morgan fingerprint density at radius 1 is 1.19 bits per heavy atom. The molecule has 2 aliphatic heterocycles. The van der Waals surface area contributed by atoms with Crippen LogP contribution in [0.3, 0.4) is 0 Å². The maximum atomic E-state index is 10.4. The van der Waals surface area contributed by atoms with E-state index in [2.05, 4.69) is 40.2 Å². The minimum absolute atomic E-state index is 0.268. The molecule has 0 aliphatic carbocycles. The number of hydrogen-bond donors (Lipinski definition) is 2. The van der Waals surface area contributed by atoms with E-state index in [1.807, 2.05) is 0 Å². The summed E-state index contributed by atoms with van der Waals surface area (Å²) in [6.45, 7) is 8.93. The molecule has 2 aliphatic rings. The van der Waals surface area contributed by atoms with Gasteiger partial charge >= 0.3 is 0 Å². The van der Waals surface area contributed by atoms with Crippen LogP contribution in [0.5, 0.6) is 0 Å². The Balaban J connectivity index is 1.60. The van der Waals surface area contributed by atoms with E-state index in [1.165, 1.54) is 29.7 Å². The van der Waals surface area contributed by atoms with Crippen molar-refractivity contribution in [1.82, 2.24) is 10.2 Å².